The van der Waals surface area contributed by atoms with Crippen LogP contribution in [0.5, 0.6) is 0 Å². The van der Waals surface area contributed by atoms with Gasteiger partial charge in [0.15, 0.2) is 5.16 Å². The van der Waals surface area contributed by atoms with Crippen LogP contribution >= 0.6 is 23.4 Å². The number of benzene rings is 2. The standard InChI is InChI=1S/C21H22ClN3O2S/c1-2-12-25-20(27)17-9-8-16(22)13-18(17)24-21(25)28-14-19(26)23-11-10-15-6-4-3-5-7-15/h3-9,13H,2,10-12,14H2,1H3,(H,23,26). The van der Waals surface area contributed by atoms with E-state index in [4.69, 9.17) is 11.6 Å². The maximum absolute atomic E-state index is 12.8. The van der Waals surface area contributed by atoms with Crippen molar-refractivity contribution in [2.75, 3.05) is 12.3 Å². The predicted molar refractivity (Wildman–Crippen MR) is 115 cm³/mol. The van der Waals surface area contributed by atoms with E-state index in [0.29, 0.717) is 34.2 Å². The zero-order valence-corrected chi connectivity index (χ0v) is 17.2. The van der Waals surface area contributed by atoms with Gasteiger partial charge < -0.3 is 5.32 Å². The van der Waals surface area contributed by atoms with Gasteiger partial charge in [-0.15, -0.1) is 0 Å². The zero-order valence-electron chi connectivity index (χ0n) is 15.7. The van der Waals surface area contributed by atoms with Crippen LogP contribution in [0.3, 0.4) is 0 Å². The Morgan fingerprint density at radius 1 is 1.21 bits per heavy atom. The molecule has 0 unspecified atom stereocenters. The minimum absolute atomic E-state index is 0.0792. The Morgan fingerprint density at radius 3 is 2.75 bits per heavy atom. The molecule has 0 radical (unpaired) electrons. The first-order chi connectivity index (χ1) is 13.6. The number of aromatic nitrogens is 2. The summed E-state index contributed by atoms with van der Waals surface area (Å²) in [4.78, 5) is 29.6. The number of fused-ring (bicyclic) bond motifs is 1. The molecule has 0 aliphatic heterocycles. The van der Waals surface area contributed by atoms with Crippen LogP contribution in [0.4, 0.5) is 0 Å². The van der Waals surface area contributed by atoms with Gasteiger partial charge >= 0.3 is 0 Å². The van der Waals surface area contributed by atoms with Crippen LogP contribution < -0.4 is 10.9 Å². The maximum Gasteiger partial charge on any atom is 0.262 e. The molecule has 0 fully saturated rings. The Kier molecular flexibility index (Phi) is 7.12. The predicted octanol–water partition coefficient (Wildman–Crippen LogP) is 3.91. The van der Waals surface area contributed by atoms with Crippen molar-refractivity contribution in [1.82, 2.24) is 14.9 Å². The maximum atomic E-state index is 12.8. The van der Waals surface area contributed by atoms with E-state index in [-0.39, 0.29) is 17.2 Å². The lowest BCUT2D eigenvalue weighted by Gasteiger charge is -2.12. The molecule has 5 nitrogen and oxygen atoms in total. The van der Waals surface area contributed by atoms with Crippen LogP contribution in [0.1, 0.15) is 18.9 Å². The molecular weight excluding hydrogens is 394 g/mol. The third-order valence-corrected chi connectivity index (χ3v) is 5.45. The third kappa shape index (κ3) is 5.14. The van der Waals surface area contributed by atoms with Crippen molar-refractivity contribution in [2.24, 2.45) is 0 Å². The first-order valence-corrected chi connectivity index (χ1v) is 10.6. The highest BCUT2D eigenvalue weighted by Crippen LogP contribution is 2.20. The lowest BCUT2D eigenvalue weighted by molar-refractivity contribution is -0.118. The smallest absolute Gasteiger partial charge is 0.262 e. The number of hydrogen-bond acceptors (Lipinski definition) is 4. The lowest BCUT2D eigenvalue weighted by Crippen LogP contribution is -2.28. The minimum Gasteiger partial charge on any atom is -0.355 e. The summed E-state index contributed by atoms with van der Waals surface area (Å²) in [5, 5.41) is 4.53. The highest BCUT2D eigenvalue weighted by atomic mass is 35.5. The molecule has 2 aromatic carbocycles. The fourth-order valence-corrected chi connectivity index (χ4v) is 3.90. The van der Waals surface area contributed by atoms with Crippen LogP contribution in [0.15, 0.2) is 58.5 Å². The second-order valence-electron chi connectivity index (χ2n) is 6.39. The molecule has 28 heavy (non-hydrogen) atoms. The van der Waals surface area contributed by atoms with Crippen molar-refractivity contribution in [3.63, 3.8) is 0 Å². The van der Waals surface area contributed by atoms with Gasteiger partial charge in [0.05, 0.1) is 16.7 Å². The van der Waals surface area contributed by atoms with Gasteiger partial charge in [-0.3, -0.25) is 14.2 Å². The fraction of sp³-hybridized carbons (Fsp3) is 0.286. The van der Waals surface area contributed by atoms with Crippen LogP contribution in [-0.2, 0) is 17.8 Å². The quantitative estimate of drug-likeness (QED) is 0.447. The van der Waals surface area contributed by atoms with Crippen molar-refractivity contribution in [2.45, 2.75) is 31.5 Å². The summed E-state index contributed by atoms with van der Waals surface area (Å²) >= 11 is 7.31. The summed E-state index contributed by atoms with van der Waals surface area (Å²) in [7, 11) is 0. The van der Waals surface area contributed by atoms with E-state index in [9.17, 15) is 9.59 Å². The molecule has 1 N–H and O–H groups in total. The monoisotopic (exact) mass is 415 g/mol. The van der Waals surface area contributed by atoms with Gasteiger partial charge in [0.2, 0.25) is 5.91 Å². The van der Waals surface area contributed by atoms with Gasteiger partial charge in [-0.1, -0.05) is 60.6 Å². The number of nitrogens with one attached hydrogen (secondary N) is 1. The van der Waals surface area contributed by atoms with Crippen molar-refractivity contribution in [3.8, 4) is 0 Å². The van der Waals surface area contributed by atoms with Gasteiger partial charge in [0.1, 0.15) is 0 Å². The summed E-state index contributed by atoms with van der Waals surface area (Å²) in [6, 6.07) is 15.1. The number of rotatable bonds is 8. The van der Waals surface area contributed by atoms with Crippen molar-refractivity contribution >= 4 is 40.2 Å². The number of carbonyl (C=O) groups is 1. The Balaban J connectivity index is 1.67. The van der Waals surface area contributed by atoms with Crippen LogP contribution in [0, 0.1) is 0 Å². The summed E-state index contributed by atoms with van der Waals surface area (Å²) < 4.78 is 1.64. The number of thioether (sulfide) groups is 1. The van der Waals surface area contributed by atoms with E-state index >= 15 is 0 Å². The largest absolute Gasteiger partial charge is 0.355 e. The van der Waals surface area contributed by atoms with E-state index in [2.05, 4.69) is 10.3 Å². The van der Waals surface area contributed by atoms with Crippen LogP contribution in [-0.4, -0.2) is 27.8 Å². The van der Waals surface area contributed by atoms with Gasteiger partial charge in [-0.2, -0.15) is 0 Å². The van der Waals surface area contributed by atoms with E-state index in [1.807, 2.05) is 37.3 Å². The SMILES string of the molecule is CCCn1c(SCC(=O)NCCc2ccccc2)nc2cc(Cl)ccc2c1=O. The van der Waals surface area contributed by atoms with Crippen LogP contribution in [0.25, 0.3) is 10.9 Å². The van der Waals surface area contributed by atoms with Crippen molar-refractivity contribution < 1.29 is 4.79 Å². The number of hydrogen-bond donors (Lipinski definition) is 1. The highest BCUT2D eigenvalue weighted by molar-refractivity contribution is 7.99. The number of halogens is 1. The van der Waals surface area contributed by atoms with Gasteiger partial charge in [-0.25, -0.2) is 4.98 Å². The normalized spacial score (nSPS) is 10.9. The molecule has 3 aromatic rings. The van der Waals surface area contributed by atoms with E-state index in [1.54, 1.807) is 22.8 Å². The Bertz CT molecular complexity index is 1020. The number of carbonyl (C=O) groups excluding carboxylic acids is 1. The van der Waals surface area contributed by atoms with Crippen molar-refractivity contribution in [3.05, 3.63) is 69.5 Å². The summed E-state index contributed by atoms with van der Waals surface area (Å²) in [5.74, 6) is 0.126. The molecule has 0 aliphatic carbocycles. The Morgan fingerprint density at radius 2 is 2.00 bits per heavy atom. The summed E-state index contributed by atoms with van der Waals surface area (Å²) in [5.41, 5.74) is 1.63. The van der Waals surface area contributed by atoms with Crippen molar-refractivity contribution in [1.29, 1.82) is 0 Å². The number of amides is 1. The second kappa shape index (κ2) is 9.75. The number of nitrogens with zero attached hydrogens (tertiary/aromatic N) is 2. The van der Waals surface area contributed by atoms with E-state index in [0.717, 1.165) is 12.8 Å². The molecule has 1 aromatic heterocycles. The van der Waals surface area contributed by atoms with E-state index < -0.39 is 0 Å². The Hall–Kier alpha value is -2.31. The van der Waals surface area contributed by atoms with Crippen LogP contribution in [0.2, 0.25) is 5.02 Å². The summed E-state index contributed by atoms with van der Waals surface area (Å²) in [6.07, 6.45) is 1.59. The summed E-state index contributed by atoms with van der Waals surface area (Å²) in [6.45, 7) is 3.14. The molecule has 0 atom stereocenters. The minimum atomic E-state index is -0.101. The molecular formula is C21H22ClN3O2S. The first-order valence-electron chi connectivity index (χ1n) is 9.22. The molecule has 0 spiro atoms. The second-order valence-corrected chi connectivity index (χ2v) is 7.77. The first kappa shape index (κ1) is 20.4. The zero-order chi connectivity index (χ0) is 19.9. The van der Waals surface area contributed by atoms with E-state index in [1.165, 1.54) is 17.3 Å². The lowest BCUT2D eigenvalue weighted by atomic mass is 10.1. The molecule has 7 heteroatoms. The van der Waals surface area contributed by atoms with Gasteiger partial charge in [0.25, 0.3) is 5.56 Å². The molecule has 146 valence electrons. The fourth-order valence-electron chi connectivity index (χ4n) is 2.88. The average Bonchev–Trinajstić information content (AvgIpc) is 2.69. The molecule has 0 saturated carbocycles. The molecule has 0 aliphatic rings. The molecule has 0 saturated heterocycles. The molecule has 1 amide bonds. The van der Waals surface area contributed by atoms with Gasteiger partial charge in [-0.05, 0) is 36.6 Å². The topological polar surface area (TPSA) is 64.0 Å². The molecule has 0 bridgehead atoms. The molecule has 1 heterocycles. The third-order valence-electron chi connectivity index (χ3n) is 4.24. The van der Waals surface area contributed by atoms with Gasteiger partial charge in [0, 0.05) is 18.1 Å². The Labute approximate surface area is 173 Å². The highest BCUT2D eigenvalue weighted by Gasteiger charge is 2.13. The average molecular weight is 416 g/mol. The molecule has 3 rings (SSSR count).